The molecule has 35 heavy (non-hydrogen) atoms. The van der Waals surface area contributed by atoms with E-state index in [0.717, 1.165) is 4.68 Å². The second kappa shape index (κ2) is 10.2. The van der Waals surface area contributed by atoms with Gasteiger partial charge in [-0.25, -0.2) is 9.07 Å². The highest BCUT2D eigenvalue weighted by molar-refractivity contribution is 6.04. The SMILES string of the molecule is O=C(Nc1ccc([C@@H](O)[C@H](CCn2nnc3ccccc3c2=O)C(=O)O)cc1)c1ccc(F)cc1. The zero-order valence-electron chi connectivity index (χ0n) is 18.3. The number of carbonyl (C=O) groups excluding carboxylic acids is 1. The quantitative estimate of drug-likeness (QED) is 0.356. The average molecular weight is 476 g/mol. The molecular weight excluding hydrogens is 455 g/mol. The summed E-state index contributed by atoms with van der Waals surface area (Å²) in [6, 6.07) is 17.8. The summed E-state index contributed by atoms with van der Waals surface area (Å²) >= 11 is 0. The number of carboxylic acid groups (broad SMARTS) is 1. The zero-order valence-corrected chi connectivity index (χ0v) is 18.3. The van der Waals surface area contributed by atoms with E-state index in [-0.39, 0.29) is 18.5 Å². The van der Waals surface area contributed by atoms with Gasteiger partial charge in [0.25, 0.3) is 11.5 Å². The number of aliphatic hydroxyl groups excluding tert-OH is 1. The van der Waals surface area contributed by atoms with Crippen molar-refractivity contribution in [3.8, 4) is 0 Å². The summed E-state index contributed by atoms with van der Waals surface area (Å²) in [5.74, 6) is -3.34. The lowest BCUT2D eigenvalue weighted by molar-refractivity contribution is -0.146. The lowest BCUT2D eigenvalue weighted by Gasteiger charge is -2.20. The van der Waals surface area contributed by atoms with Gasteiger partial charge in [0, 0.05) is 17.8 Å². The van der Waals surface area contributed by atoms with Gasteiger partial charge >= 0.3 is 5.97 Å². The summed E-state index contributed by atoms with van der Waals surface area (Å²) in [6.45, 7) is -0.0451. The van der Waals surface area contributed by atoms with Gasteiger partial charge in [-0.2, -0.15) is 0 Å². The van der Waals surface area contributed by atoms with E-state index in [4.69, 9.17) is 0 Å². The highest BCUT2D eigenvalue weighted by Crippen LogP contribution is 2.27. The number of aromatic nitrogens is 3. The molecule has 9 nitrogen and oxygen atoms in total. The Labute approximate surface area is 198 Å². The number of carboxylic acids is 1. The Hall–Kier alpha value is -4.44. The maximum atomic E-state index is 13.0. The first-order valence-corrected chi connectivity index (χ1v) is 10.7. The largest absolute Gasteiger partial charge is 0.481 e. The number of rotatable bonds is 8. The Morgan fingerprint density at radius 1 is 1.00 bits per heavy atom. The van der Waals surface area contributed by atoms with E-state index in [0.29, 0.717) is 22.2 Å². The van der Waals surface area contributed by atoms with Gasteiger partial charge in [0.05, 0.1) is 17.4 Å². The van der Waals surface area contributed by atoms with Crippen LogP contribution in [0.1, 0.15) is 28.4 Å². The van der Waals surface area contributed by atoms with Crippen molar-refractivity contribution in [2.75, 3.05) is 5.32 Å². The van der Waals surface area contributed by atoms with Gasteiger partial charge in [0.1, 0.15) is 11.3 Å². The number of aliphatic carboxylic acids is 1. The maximum absolute atomic E-state index is 13.0. The molecule has 0 fully saturated rings. The van der Waals surface area contributed by atoms with Crippen molar-refractivity contribution in [3.63, 3.8) is 0 Å². The number of benzene rings is 3. The molecule has 0 saturated carbocycles. The van der Waals surface area contributed by atoms with Crippen LogP contribution in [0.5, 0.6) is 0 Å². The van der Waals surface area contributed by atoms with Gasteiger partial charge in [-0.1, -0.05) is 29.5 Å². The van der Waals surface area contributed by atoms with E-state index in [1.54, 1.807) is 24.3 Å². The first kappa shape index (κ1) is 23.7. The number of aryl methyl sites for hydroxylation is 1. The van der Waals surface area contributed by atoms with Gasteiger partial charge in [0.15, 0.2) is 0 Å². The Kier molecular flexibility index (Phi) is 6.93. The molecule has 1 amide bonds. The van der Waals surface area contributed by atoms with Crippen LogP contribution in [-0.2, 0) is 11.3 Å². The van der Waals surface area contributed by atoms with Crippen LogP contribution in [0, 0.1) is 11.7 Å². The predicted octanol–water partition coefficient (Wildman–Crippen LogP) is 3.01. The second-order valence-corrected chi connectivity index (χ2v) is 7.90. The van der Waals surface area contributed by atoms with Crippen molar-refractivity contribution in [2.24, 2.45) is 5.92 Å². The molecule has 0 spiro atoms. The number of fused-ring (bicyclic) bond motifs is 1. The van der Waals surface area contributed by atoms with Gasteiger partial charge < -0.3 is 15.5 Å². The first-order chi connectivity index (χ1) is 16.8. The number of halogens is 1. The van der Waals surface area contributed by atoms with E-state index < -0.39 is 35.3 Å². The number of nitrogens with zero attached hydrogens (tertiary/aromatic N) is 3. The van der Waals surface area contributed by atoms with Gasteiger partial charge in [-0.05, 0) is 60.5 Å². The molecule has 10 heteroatoms. The minimum atomic E-state index is -1.36. The van der Waals surface area contributed by atoms with Crippen LogP contribution in [0.4, 0.5) is 10.1 Å². The molecule has 4 rings (SSSR count). The molecule has 1 aromatic heterocycles. The van der Waals surface area contributed by atoms with Crippen LogP contribution in [0.15, 0.2) is 77.6 Å². The second-order valence-electron chi connectivity index (χ2n) is 7.90. The summed E-state index contributed by atoms with van der Waals surface area (Å²) < 4.78 is 14.1. The van der Waals surface area contributed by atoms with E-state index in [9.17, 15) is 29.0 Å². The fourth-order valence-electron chi connectivity index (χ4n) is 3.65. The number of nitrogens with one attached hydrogen (secondary N) is 1. The molecule has 0 aliphatic rings. The molecule has 0 saturated heterocycles. The van der Waals surface area contributed by atoms with Crippen molar-refractivity contribution >= 4 is 28.5 Å². The number of hydrogen-bond donors (Lipinski definition) is 3. The number of anilines is 1. The van der Waals surface area contributed by atoms with E-state index >= 15 is 0 Å². The molecule has 0 radical (unpaired) electrons. The number of carbonyl (C=O) groups is 2. The van der Waals surface area contributed by atoms with Crippen LogP contribution in [-0.4, -0.2) is 37.1 Å². The van der Waals surface area contributed by atoms with Crippen LogP contribution in [0.2, 0.25) is 0 Å². The zero-order chi connectivity index (χ0) is 24.9. The van der Waals surface area contributed by atoms with Crippen molar-refractivity contribution in [1.82, 2.24) is 15.0 Å². The summed E-state index contributed by atoms with van der Waals surface area (Å²) in [6.07, 6.45) is -1.43. The monoisotopic (exact) mass is 476 g/mol. The third kappa shape index (κ3) is 5.39. The fraction of sp³-hybridized carbons (Fsp3) is 0.160. The number of hydrogen-bond acceptors (Lipinski definition) is 6. The molecule has 1 heterocycles. The molecule has 2 atom stereocenters. The average Bonchev–Trinajstić information content (AvgIpc) is 2.86. The van der Waals surface area contributed by atoms with Crippen LogP contribution < -0.4 is 10.9 Å². The Morgan fingerprint density at radius 3 is 2.37 bits per heavy atom. The molecule has 3 N–H and O–H groups in total. The highest BCUT2D eigenvalue weighted by Gasteiger charge is 2.28. The third-order valence-corrected chi connectivity index (χ3v) is 5.60. The van der Waals surface area contributed by atoms with E-state index in [1.807, 2.05) is 0 Å². The molecule has 3 aromatic carbocycles. The van der Waals surface area contributed by atoms with Gasteiger partial charge in [-0.3, -0.25) is 14.4 Å². The highest BCUT2D eigenvalue weighted by atomic mass is 19.1. The van der Waals surface area contributed by atoms with Crippen molar-refractivity contribution in [1.29, 1.82) is 0 Å². The molecule has 0 aliphatic heterocycles. The Morgan fingerprint density at radius 2 is 1.69 bits per heavy atom. The van der Waals surface area contributed by atoms with Crippen molar-refractivity contribution in [2.45, 2.75) is 19.1 Å². The smallest absolute Gasteiger partial charge is 0.309 e. The van der Waals surface area contributed by atoms with Crippen LogP contribution in [0.3, 0.4) is 0 Å². The van der Waals surface area contributed by atoms with Crippen LogP contribution >= 0.6 is 0 Å². The number of aliphatic hydroxyl groups is 1. The molecule has 0 aliphatic carbocycles. The summed E-state index contributed by atoms with van der Waals surface area (Å²) in [5, 5.41) is 31.2. The number of amides is 1. The first-order valence-electron chi connectivity index (χ1n) is 10.7. The van der Waals surface area contributed by atoms with Gasteiger partial charge in [0.2, 0.25) is 0 Å². The summed E-state index contributed by atoms with van der Waals surface area (Å²) in [4.78, 5) is 36.7. The molecule has 4 aromatic rings. The Balaban J connectivity index is 1.44. The normalized spacial score (nSPS) is 12.7. The van der Waals surface area contributed by atoms with E-state index in [2.05, 4.69) is 15.6 Å². The minimum absolute atomic E-state index is 0.0451. The molecular formula is C25H21FN4O5. The lowest BCUT2D eigenvalue weighted by Crippen LogP contribution is -2.29. The lowest BCUT2D eigenvalue weighted by atomic mass is 9.92. The minimum Gasteiger partial charge on any atom is -0.481 e. The Bertz CT molecular complexity index is 1420. The van der Waals surface area contributed by atoms with Crippen molar-refractivity contribution < 1.29 is 24.2 Å². The third-order valence-electron chi connectivity index (χ3n) is 5.60. The molecule has 0 bridgehead atoms. The van der Waals surface area contributed by atoms with Crippen LogP contribution in [0.25, 0.3) is 10.9 Å². The predicted molar refractivity (Wildman–Crippen MR) is 125 cm³/mol. The maximum Gasteiger partial charge on any atom is 0.309 e. The fourth-order valence-corrected chi connectivity index (χ4v) is 3.65. The topological polar surface area (TPSA) is 134 Å². The standard InChI is InChI=1S/C25H21FN4O5/c26-17-9-5-16(6-10-17)23(32)27-18-11-7-15(8-12-18)22(31)20(25(34)35)13-14-30-24(33)19-3-1-2-4-21(19)28-29-30/h1-12,20,22,31H,13-14H2,(H,27,32)(H,34,35)/t20-,22+/m0/s1. The summed E-state index contributed by atoms with van der Waals surface area (Å²) in [5.41, 5.74) is 1.06. The van der Waals surface area contributed by atoms with E-state index in [1.165, 1.54) is 48.5 Å². The molecule has 0 unspecified atom stereocenters. The summed E-state index contributed by atoms with van der Waals surface area (Å²) in [7, 11) is 0. The van der Waals surface area contributed by atoms with Gasteiger partial charge in [-0.15, -0.1) is 5.10 Å². The molecule has 178 valence electrons. The van der Waals surface area contributed by atoms with Crippen molar-refractivity contribution in [3.05, 3.63) is 100 Å².